The van der Waals surface area contributed by atoms with Crippen molar-refractivity contribution in [2.75, 3.05) is 18.0 Å². The lowest BCUT2D eigenvalue weighted by molar-refractivity contribution is 0.406. The van der Waals surface area contributed by atoms with Crippen LogP contribution in [0.25, 0.3) is 0 Å². The molecule has 1 saturated heterocycles. The Morgan fingerprint density at radius 1 is 1.39 bits per heavy atom. The van der Waals surface area contributed by atoms with Crippen LogP contribution in [0.4, 0.5) is 5.88 Å². The third kappa shape index (κ3) is 3.92. The molecular weight excluding hydrogens is 248 g/mol. The van der Waals surface area contributed by atoms with E-state index in [1.807, 2.05) is 0 Å². The van der Waals surface area contributed by atoms with Crippen molar-refractivity contribution in [1.82, 2.24) is 0 Å². The maximum atomic E-state index is 5.94. The van der Waals surface area contributed by atoms with Crippen LogP contribution in [0.2, 0.25) is 0 Å². The highest BCUT2D eigenvalue weighted by Crippen LogP contribution is 2.25. The summed E-state index contributed by atoms with van der Waals surface area (Å²) in [4.78, 5) is 2.35. The van der Waals surface area contributed by atoms with Crippen LogP contribution in [0, 0.1) is 5.92 Å². The van der Waals surface area contributed by atoms with E-state index in [-0.39, 0.29) is 18.4 Å². The Morgan fingerprint density at radius 3 is 2.67 bits per heavy atom. The standard InChI is InChI=1S/C14H24N2O.ClH/c1-3-12(15)10-13-4-5-14(17-13)16-8-6-11(2)7-9-16;/h4-5,11-12H,3,6-10,15H2,1-2H3;1H. The minimum absolute atomic E-state index is 0. The zero-order valence-electron chi connectivity index (χ0n) is 11.4. The molecule has 0 aliphatic carbocycles. The SMILES string of the molecule is CCC(N)Cc1ccc(N2CCC(C)CC2)o1.Cl. The van der Waals surface area contributed by atoms with Gasteiger partial charge in [-0.2, -0.15) is 0 Å². The molecule has 2 heterocycles. The summed E-state index contributed by atoms with van der Waals surface area (Å²) < 4.78 is 5.88. The maximum absolute atomic E-state index is 5.94. The highest BCUT2D eigenvalue weighted by atomic mass is 35.5. The Labute approximate surface area is 116 Å². The van der Waals surface area contributed by atoms with E-state index < -0.39 is 0 Å². The van der Waals surface area contributed by atoms with Crippen LogP contribution in [0.3, 0.4) is 0 Å². The molecule has 2 N–H and O–H groups in total. The molecule has 0 radical (unpaired) electrons. The van der Waals surface area contributed by atoms with Crippen molar-refractivity contribution in [2.24, 2.45) is 11.7 Å². The third-order valence-electron chi connectivity index (χ3n) is 3.73. The van der Waals surface area contributed by atoms with Gasteiger partial charge in [-0.25, -0.2) is 0 Å². The molecule has 0 saturated carbocycles. The Morgan fingerprint density at radius 2 is 2.06 bits per heavy atom. The van der Waals surface area contributed by atoms with Gasteiger partial charge in [-0.1, -0.05) is 13.8 Å². The lowest BCUT2D eigenvalue weighted by Gasteiger charge is -2.29. The fraction of sp³-hybridized carbons (Fsp3) is 0.714. The van der Waals surface area contributed by atoms with Crippen molar-refractivity contribution in [3.63, 3.8) is 0 Å². The van der Waals surface area contributed by atoms with Crippen molar-refractivity contribution in [1.29, 1.82) is 0 Å². The summed E-state index contributed by atoms with van der Waals surface area (Å²) in [5.41, 5.74) is 5.94. The first kappa shape index (κ1) is 15.4. The second-order valence-corrected chi connectivity index (χ2v) is 5.28. The van der Waals surface area contributed by atoms with Crippen LogP contribution in [0.15, 0.2) is 16.5 Å². The summed E-state index contributed by atoms with van der Waals surface area (Å²) in [6, 6.07) is 4.38. The number of rotatable bonds is 4. The van der Waals surface area contributed by atoms with Gasteiger partial charge in [-0.05, 0) is 31.2 Å². The van der Waals surface area contributed by atoms with Crippen molar-refractivity contribution in [3.8, 4) is 0 Å². The average molecular weight is 273 g/mol. The van der Waals surface area contributed by atoms with Crippen LogP contribution < -0.4 is 10.6 Å². The van der Waals surface area contributed by atoms with E-state index in [1.54, 1.807) is 0 Å². The fourth-order valence-corrected chi connectivity index (χ4v) is 2.28. The first-order valence-corrected chi connectivity index (χ1v) is 6.78. The van der Waals surface area contributed by atoms with Gasteiger partial charge in [0, 0.05) is 31.6 Å². The summed E-state index contributed by atoms with van der Waals surface area (Å²) >= 11 is 0. The Balaban J connectivity index is 0.00000162. The number of hydrogen-bond donors (Lipinski definition) is 1. The topological polar surface area (TPSA) is 42.4 Å². The van der Waals surface area contributed by atoms with Crippen LogP contribution in [-0.4, -0.2) is 19.1 Å². The molecule has 0 aromatic carbocycles. The molecule has 2 rings (SSSR count). The molecule has 4 heteroatoms. The van der Waals surface area contributed by atoms with E-state index in [0.29, 0.717) is 0 Å². The normalized spacial score (nSPS) is 18.5. The van der Waals surface area contributed by atoms with Crippen LogP contribution in [-0.2, 0) is 6.42 Å². The van der Waals surface area contributed by atoms with Crippen LogP contribution in [0.5, 0.6) is 0 Å². The van der Waals surface area contributed by atoms with Crippen molar-refractivity contribution >= 4 is 18.3 Å². The van der Waals surface area contributed by atoms with Gasteiger partial charge < -0.3 is 15.1 Å². The van der Waals surface area contributed by atoms with Gasteiger partial charge in [-0.3, -0.25) is 0 Å². The molecule has 1 unspecified atom stereocenters. The van der Waals surface area contributed by atoms with Gasteiger partial charge in [0.2, 0.25) is 0 Å². The van der Waals surface area contributed by atoms with E-state index in [2.05, 4.69) is 30.9 Å². The molecule has 1 fully saturated rings. The molecule has 1 aromatic rings. The summed E-state index contributed by atoms with van der Waals surface area (Å²) in [6.07, 6.45) is 4.38. The van der Waals surface area contributed by atoms with Crippen LogP contribution >= 0.6 is 12.4 Å². The summed E-state index contributed by atoms with van der Waals surface area (Å²) in [5, 5.41) is 0. The number of piperidine rings is 1. The van der Waals surface area contributed by atoms with Gasteiger partial charge in [0.05, 0.1) is 0 Å². The first-order valence-electron chi connectivity index (χ1n) is 6.78. The number of halogens is 1. The highest BCUT2D eigenvalue weighted by Gasteiger charge is 2.18. The number of anilines is 1. The summed E-state index contributed by atoms with van der Waals surface area (Å²) in [5.74, 6) is 2.90. The van der Waals surface area contributed by atoms with Crippen molar-refractivity contribution in [3.05, 3.63) is 17.9 Å². The zero-order chi connectivity index (χ0) is 12.3. The van der Waals surface area contributed by atoms with Crippen LogP contribution in [0.1, 0.15) is 38.9 Å². The third-order valence-corrected chi connectivity index (χ3v) is 3.73. The zero-order valence-corrected chi connectivity index (χ0v) is 12.2. The predicted octanol–water partition coefficient (Wildman–Crippen LogP) is 3.22. The molecular formula is C14H25ClN2O. The molecule has 1 atom stereocenters. The highest BCUT2D eigenvalue weighted by molar-refractivity contribution is 5.85. The largest absolute Gasteiger partial charge is 0.446 e. The monoisotopic (exact) mass is 272 g/mol. The Bertz CT molecular complexity index is 345. The molecule has 0 amide bonds. The molecule has 3 nitrogen and oxygen atoms in total. The van der Waals surface area contributed by atoms with Gasteiger partial charge in [0.25, 0.3) is 0 Å². The fourth-order valence-electron chi connectivity index (χ4n) is 2.28. The van der Waals surface area contributed by atoms with E-state index in [0.717, 1.165) is 43.5 Å². The average Bonchev–Trinajstić information content (AvgIpc) is 2.78. The van der Waals surface area contributed by atoms with Gasteiger partial charge in [0.1, 0.15) is 5.76 Å². The Hall–Kier alpha value is -0.670. The first-order chi connectivity index (χ1) is 8.19. The molecule has 104 valence electrons. The molecule has 1 aliphatic heterocycles. The van der Waals surface area contributed by atoms with Gasteiger partial charge >= 0.3 is 0 Å². The van der Waals surface area contributed by atoms with E-state index in [1.165, 1.54) is 12.8 Å². The summed E-state index contributed by atoms with van der Waals surface area (Å²) in [6.45, 7) is 6.67. The number of furan rings is 1. The van der Waals surface area contributed by atoms with Crippen molar-refractivity contribution < 1.29 is 4.42 Å². The lowest BCUT2D eigenvalue weighted by atomic mass is 9.99. The quantitative estimate of drug-likeness (QED) is 0.915. The smallest absolute Gasteiger partial charge is 0.195 e. The minimum atomic E-state index is 0. The molecule has 0 spiro atoms. The lowest BCUT2D eigenvalue weighted by Crippen LogP contribution is -2.32. The van der Waals surface area contributed by atoms with Crippen molar-refractivity contribution in [2.45, 2.75) is 45.6 Å². The van der Waals surface area contributed by atoms with E-state index in [9.17, 15) is 0 Å². The summed E-state index contributed by atoms with van der Waals surface area (Å²) in [7, 11) is 0. The molecule has 18 heavy (non-hydrogen) atoms. The number of hydrogen-bond acceptors (Lipinski definition) is 3. The minimum Gasteiger partial charge on any atom is -0.446 e. The van der Waals surface area contributed by atoms with Gasteiger partial charge in [-0.15, -0.1) is 12.4 Å². The van der Waals surface area contributed by atoms with Gasteiger partial charge in [0.15, 0.2) is 5.88 Å². The second kappa shape index (κ2) is 7.05. The molecule has 0 bridgehead atoms. The molecule has 1 aliphatic rings. The second-order valence-electron chi connectivity index (χ2n) is 5.28. The number of nitrogens with zero attached hydrogens (tertiary/aromatic N) is 1. The maximum Gasteiger partial charge on any atom is 0.195 e. The number of nitrogens with two attached hydrogens (primary N) is 1. The van der Waals surface area contributed by atoms with E-state index in [4.69, 9.17) is 10.2 Å². The Kier molecular flexibility index (Phi) is 6.03. The van der Waals surface area contributed by atoms with E-state index >= 15 is 0 Å². The molecule has 1 aromatic heterocycles. The predicted molar refractivity (Wildman–Crippen MR) is 78.5 cm³/mol.